The first kappa shape index (κ1) is 18.9. The second-order valence-electron chi connectivity index (χ2n) is 5.74. The molecule has 0 bridgehead atoms. The Labute approximate surface area is 150 Å². The van der Waals surface area contributed by atoms with Crippen molar-refractivity contribution in [1.82, 2.24) is 15.0 Å². The van der Waals surface area contributed by atoms with E-state index in [-0.39, 0.29) is 23.1 Å². The summed E-state index contributed by atoms with van der Waals surface area (Å²) in [6.45, 7) is 3.96. The average molecular weight is 368 g/mol. The maximum atomic E-state index is 13.3. The lowest BCUT2D eigenvalue weighted by Crippen LogP contribution is -2.33. The molecule has 2 N–H and O–H groups in total. The van der Waals surface area contributed by atoms with E-state index in [0.29, 0.717) is 12.1 Å². The van der Waals surface area contributed by atoms with E-state index in [1.807, 2.05) is 13.8 Å². The first-order chi connectivity index (χ1) is 11.9. The maximum Gasteiger partial charge on any atom is 0.328 e. The molecule has 1 atom stereocenters. The molecule has 25 heavy (non-hydrogen) atoms. The van der Waals surface area contributed by atoms with Crippen LogP contribution < -0.4 is 10.6 Å². The lowest BCUT2D eigenvalue weighted by atomic mass is 10.0. The third-order valence-corrected chi connectivity index (χ3v) is 3.35. The number of rotatable bonds is 7. The minimum atomic E-state index is -0.620. The number of nitrogens with zero attached hydrogens (tertiary/aromatic N) is 3. The van der Waals surface area contributed by atoms with Gasteiger partial charge in [-0.3, -0.25) is 0 Å². The van der Waals surface area contributed by atoms with Gasteiger partial charge in [-0.05, 0) is 42.1 Å². The van der Waals surface area contributed by atoms with Crippen LogP contribution in [0.5, 0.6) is 0 Å². The molecule has 2 aromatic rings. The van der Waals surface area contributed by atoms with Gasteiger partial charge in [0, 0.05) is 5.69 Å². The van der Waals surface area contributed by atoms with Crippen LogP contribution in [-0.2, 0) is 9.53 Å². The van der Waals surface area contributed by atoms with Gasteiger partial charge in [0.05, 0.1) is 7.11 Å². The Morgan fingerprint density at radius 1 is 1.28 bits per heavy atom. The van der Waals surface area contributed by atoms with E-state index >= 15 is 0 Å². The second-order valence-corrected chi connectivity index (χ2v) is 6.07. The maximum absolute atomic E-state index is 13.3. The number of aromatic nitrogens is 3. The summed E-state index contributed by atoms with van der Waals surface area (Å²) in [5, 5.41) is 5.68. The van der Waals surface area contributed by atoms with E-state index in [4.69, 9.17) is 16.3 Å². The van der Waals surface area contributed by atoms with Gasteiger partial charge < -0.3 is 15.4 Å². The van der Waals surface area contributed by atoms with Gasteiger partial charge in [0.1, 0.15) is 11.9 Å². The molecule has 1 aromatic heterocycles. The minimum Gasteiger partial charge on any atom is -0.467 e. The summed E-state index contributed by atoms with van der Waals surface area (Å²) >= 11 is 5.92. The Morgan fingerprint density at radius 2 is 2.00 bits per heavy atom. The summed E-state index contributed by atoms with van der Waals surface area (Å²) in [7, 11) is 1.31. The highest BCUT2D eigenvalue weighted by molar-refractivity contribution is 6.28. The number of hydrogen-bond donors (Lipinski definition) is 2. The van der Waals surface area contributed by atoms with Gasteiger partial charge >= 0.3 is 5.97 Å². The highest BCUT2D eigenvalue weighted by atomic mass is 35.5. The number of hydrogen-bond acceptors (Lipinski definition) is 7. The van der Waals surface area contributed by atoms with Gasteiger partial charge in [-0.15, -0.1) is 0 Å². The van der Waals surface area contributed by atoms with Gasteiger partial charge in [0.2, 0.25) is 17.2 Å². The number of anilines is 3. The molecular formula is C16H19ClFN5O2. The molecule has 7 nitrogen and oxygen atoms in total. The van der Waals surface area contributed by atoms with E-state index in [2.05, 4.69) is 25.6 Å². The minimum absolute atomic E-state index is 0.0652. The summed E-state index contributed by atoms with van der Waals surface area (Å²) in [6, 6.07) is 5.21. The summed E-state index contributed by atoms with van der Waals surface area (Å²) in [6.07, 6.45) is 0.530. The molecule has 2 rings (SSSR count). The van der Waals surface area contributed by atoms with E-state index in [1.165, 1.54) is 19.2 Å². The molecule has 0 aliphatic rings. The third kappa shape index (κ3) is 5.82. The fraction of sp³-hybridized carbons (Fsp3) is 0.375. The quantitative estimate of drug-likeness (QED) is 0.725. The molecule has 1 heterocycles. The van der Waals surface area contributed by atoms with Crippen molar-refractivity contribution in [2.75, 3.05) is 17.7 Å². The third-order valence-electron chi connectivity index (χ3n) is 3.19. The topological polar surface area (TPSA) is 89.0 Å². The zero-order valence-corrected chi connectivity index (χ0v) is 14.8. The molecule has 0 aliphatic carbocycles. The number of nitrogens with one attached hydrogen (secondary N) is 2. The Bertz CT molecular complexity index is 744. The Hall–Kier alpha value is -2.48. The van der Waals surface area contributed by atoms with Crippen molar-refractivity contribution in [2.24, 2.45) is 5.92 Å². The lowest BCUT2D eigenvalue weighted by molar-refractivity contribution is -0.141. The van der Waals surface area contributed by atoms with Crippen LogP contribution in [0.4, 0.5) is 22.0 Å². The number of methoxy groups -OCH3 is 1. The predicted octanol–water partition coefficient (Wildman–Crippen LogP) is 3.41. The standard InChI is InChI=1S/C16H19ClFN5O2/c1-9(2)7-12(13(24)25-3)20-16-22-14(17)21-15(23-16)19-11-6-4-5-10(18)8-11/h4-6,8-9,12H,7H2,1-3H3,(H2,19,20,21,22,23)/t12-/m1/s1. The van der Waals surface area contributed by atoms with Gasteiger partial charge in [-0.2, -0.15) is 15.0 Å². The van der Waals surface area contributed by atoms with Crippen molar-refractivity contribution >= 4 is 35.2 Å². The Balaban J connectivity index is 2.20. The van der Waals surface area contributed by atoms with Crippen LogP contribution >= 0.6 is 11.6 Å². The van der Waals surface area contributed by atoms with E-state index in [1.54, 1.807) is 12.1 Å². The number of benzene rings is 1. The Kier molecular flexibility index (Phi) is 6.46. The highest BCUT2D eigenvalue weighted by Crippen LogP contribution is 2.18. The summed E-state index contributed by atoms with van der Waals surface area (Å²) in [5.41, 5.74) is 0.458. The fourth-order valence-corrected chi connectivity index (χ4v) is 2.31. The first-order valence-electron chi connectivity index (χ1n) is 7.66. The van der Waals surface area contributed by atoms with Crippen LogP contribution in [0.3, 0.4) is 0 Å². The van der Waals surface area contributed by atoms with E-state index in [9.17, 15) is 9.18 Å². The molecule has 0 aliphatic heterocycles. The molecule has 0 spiro atoms. The van der Waals surface area contributed by atoms with Crippen LogP contribution in [0.1, 0.15) is 20.3 Å². The zero-order chi connectivity index (χ0) is 18.4. The van der Waals surface area contributed by atoms with Gasteiger partial charge in [-0.1, -0.05) is 19.9 Å². The number of halogens is 2. The molecule has 1 aromatic carbocycles. The van der Waals surface area contributed by atoms with Crippen molar-refractivity contribution in [1.29, 1.82) is 0 Å². The smallest absolute Gasteiger partial charge is 0.328 e. The molecule has 9 heteroatoms. The molecular weight excluding hydrogens is 349 g/mol. The average Bonchev–Trinajstić information content (AvgIpc) is 2.52. The number of esters is 1. The summed E-state index contributed by atoms with van der Waals surface area (Å²) in [5.74, 6) is -0.328. The first-order valence-corrected chi connectivity index (χ1v) is 8.03. The van der Waals surface area contributed by atoms with Gasteiger partial charge in [-0.25, -0.2) is 9.18 Å². The second kappa shape index (κ2) is 8.57. The van der Waals surface area contributed by atoms with Crippen LogP contribution in [0, 0.1) is 11.7 Å². The van der Waals surface area contributed by atoms with E-state index < -0.39 is 17.8 Å². The number of carbonyl (C=O) groups excluding carboxylic acids is 1. The molecule has 0 radical (unpaired) electrons. The van der Waals surface area contributed by atoms with Crippen LogP contribution in [0.25, 0.3) is 0 Å². The van der Waals surface area contributed by atoms with Crippen molar-refractivity contribution in [3.63, 3.8) is 0 Å². The van der Waals surface area contributed by atoms with Crippen LogP contribution in [-0.4, -0.2) is 34.1 Å². The molecule has 0 unspecified atom stereocenters. The van der Waals surface area contributed by atoms with Crippen molar-refractivity contribution < 1.29 is 13.9 Å². The summed E-state index contributed by atoms with van der Waals surface area (Å²) < 4.78 is 18.1. The largest absolute Gasteiger partial charge is 0.467 e. The van der Waals surface area contributed by atoms with Crippen molar-refractivity contribution in [2.45, 2.75) is 26.3 Å². The molecule has 134 valence electrons. The molecule has 0 fully saturated rings. The fourth-order valence-electron chi connectivity index (χ4n) is 2.15. The van der Waals surface area contributed by atoms with Crippen molar-refractivity contribution in [3.05, 3.63) is 35.4 Å². The van der Waals surface area contributed by atoms with Crippen molar-refractivity contribution in [3.8, 4) is 0 Å². The predicted molar refractivity (Wildman–Crippen MR) is 93.4 cm³/mol. The number of carbonyl (C=O) groups is 1. The lowest BCUT2D eigenvalue weighted by Gasteiger charge is -2.18. The monoisotopic (exact) mass is 367 g/mol. The molecule has 0 saturated heterocycles. The molecule has 0 saturated carbocycles. The SMILES string of the molecule is COC(=O)[C@@H](CC(C)C)Nc1nc(Cl)nc(Nc2cccc(F)c2)n1. The normalized spacial score (nSPS) is 11.9. The van der Waals surface area contributed by atoms with Crippen LogP contribution in [0.2, 0.25) is 5.28 Å². The van der Waals surface area contributed by atoms with E-state index in [0.717, 1.165) is 0 Å². The number of ether oxygens (including phenoxy) is 1. The van der Waals surface area contributed by atoms with Gasteiger partial charge in [0.25, 0.3) is 0 Å². The Morgan fingerprint density at radius 3 is 2.64 bits per heavy atom. The summed E-state index contributed by atoms with van der Waals surface area (Å²) in [4.78, 5) is 24.0. The highest BCUT2D eigenvalue weighted by Gasteiger charge is 2.22. The van der Waals surface area contributed by atoms with Crippen LogP contribution in [0.15, 0.2) is 24.3 Å². The zero-order valence-electron chi connectivity index (χ0n) is 14.1. The van der Waals surface area contributed by atoms with Gasteiger partial charge in [0.15, 0.2) is 0 Å². The molecule has 0 amide bonds.